The summed E-state index contributed by atoms with van der Waals surface area (Å²) in [6, 6.07) is 14.6. The Morgan fingerprint density at radius 2 is 2.08 bits per heavy atom. The van der Waals surface area contributed by atoms with Crippen LogP contribution in [0.1, 0.15) is 17.3 Å². The molecule has 2 atom stereocenters. The molecule has 1 aliphatic heterocycles. The molecule has 6 nitrogen and oxygen atoms in total. The number of ether oxygens (including phenoxy) is 3. The van der Waals surface area contributed by atoms with Gasteiger partial charge < -0.3 is 24.6 Å². The second kappa shape index (κ2) is 8.69. The van der Waals surface area contributed by atoms with Crippen LogP contribution in [0, 0.1) is 0 Å². The highest BCUT2D eigenvalue weighted by molar-refractivity contribution is 5.94. The summed E-state index contributed by atoms with van der Waals surface area (Å²) >= 11 is 0. The molecule has 138 valence electrons. The molecule has 0 amide bonds. The Balaban J connectivity index is 1.38. The summed E-state index contributed by atoms with van der Waals surface area (Å²) < 4.78 is 17.1. The molecule has 0 aromatic heterocycles. The molecule has 0 saturated heterocycles. The van der Waals surface area contributed by atoms with Gasteiger partial charge in [-0.25, -0.2) is 0 Å². The van der Waals surface area contributed by atoms with Gasteiger partial charge in [0.05, 0.1) is 0 Å². The summed E-state index contributed by atoms with van der Waals surface area (Å²) in [6.07, 6.45) is -0.668. The second-order valence-corrected chi connectivity index (χ2v) is 6.31. The maximum absolute atomic E-state index is 11.4. The molecule has 0 unspecified atom stereocenters. The van der Waals surface area contributed by atoms with Crippen LogP contribution in [0.4, 0.5) is 0 Å². The largest absolute Gasteiger partial charge is 0.491 e. The zero-order chi connectivity index (χ0) is 18.4. The van der Waals surface area contributed by atoms with E-state index in [4.69, 9.17) is 14.2 Å². The summed E-state index contributed by atoms with van der Waals surface area (Å²) in [6.45, 7) is 3.36. The van der Waals surface area contributed by atoms with Crippen molar-refractivity contribution in [2.45, 2.75) is 19.1 Å². The average molecular weight is 358 g/mol. The van der Waals surface area contributed by atoms with Crippen LogP contribution in [-0.2, 0) is 0 Å². The van der Waals surface area contributed by atoms with Crippen molar-refractivity contribution in [3.8, 4) is 17.2 Å². The molecular formula is C20H24NO5+. The first-order valence-electron chi connectivity index (χ1n) is 8.74. The van der Waals surface area contributed by atoms with Crippen LogP contribution >= 0.6 is 0 Å². The van der Waals surface area contributed by atoms with Crippen molar-refractivity contribution in [3.63, 3.8) is 0 Å². The molecule has 26 heavy (non-hydrogen) atoms. The molecular weight excluding hydrogens is 334 g/mol. The van der Waals surface area contributed by atoms with Crippen molar-refractivity contribution in [2.75, 3.05) is 26.3 Å². The van der Waals surface area contributed by atoms with Crippen molar-refractivity contribution >= 4 is 5.78 Å². The van der Waals surface area contributed by atoms with E-state index in [0.29, 0.717) is 31.0 Å². The number of carbonyl (C=O) groups is 1. The van der Waals surface area contributed by atoms with Crippen molar-refractivity contribution in [1.29, 1.82) is 0 Å². The van der Waals surface area contributed by atoms with Crippen molar-refractivity contribution in [2.24, 2.45) is 0 Å². The van der Waals surface area contributed by atoms with Crippen LogP contribution in [0.3, 0.4) is 0 Å². The highest BCUT2D eigenvalue weighted by Gasteiger charge is 2.22. The van der Waals surface area contributed by atoms with Crippen molar-refractivity contribution < 1.29 is 29.4 Å². The Labute approximate surface area is 152 Å². The third-order valence-corrected chi connectivity index (χ3v) is 4.12. The van der Waals surface area contributed by atoms with Gasteiger partial charge in [-0.15, -0.1) is 0 Å². The lowest BCUT2D eigenvalue weighted by Crippen LogP contribution is -2.89. The lowest BCUT2D eigenvalue weighted by Gasteiger charge is -2.25. The number of benzene rings is 2. The van der Waals surface area contributed by atoms with E-state index in [-0.39, 0.29) is 18.5 Å². The van der Waals surface area contributed by atoms with Crippen LogP contribution in [-0.4, -0.2) is 49.4 Å². The number of hydrogen-bond donors (Lipinski definition) is 2. The summed E-state index contributed by atoms with van der Waals surface area (Å²) in [4.78, 5) is 11.4. The summed E-state index contributed by atoms with van der Waals surface area (Å²) in [7, 11) is 0. The molecule has 3 rings (SSSR count). The van der Waals surface area contributed by atoms with Gasteiger partial charge >= 0.3 is 0 Å². The van der Waals surface area contributed by atoms with Gasteiger partial charge in [0.25, 0.3) is 0 Å². The van der Waals surface area contributed by atoms with Crippen LogP contribution in [0.2, 0.25) is 0 Å². The predicted octanol–water partition coefficient (Wildman–Crippen LogP) is 1.03. The third kappa shape index (κ3) is 4.97. The number of quaternary nitrogens is 1. The highest BCUT2D eigenvalue weighted by Crippen LogP contribution is 2.30. The standard InChI is InChI=1S/C20H23NO5/c1-14(22)15-5-4-6-17(9-15)24-12-16(23)10-21-11-18-13-25-19-7-2-3-8-20(19)26-18/h2-9,16,18,21,23H,10-13H2,1H3/p+1/t16-,18+/m1/s1. The number of rotatable bonds is 8. The average Bonchev–Trinajstić information content (AvgIpc) is 2.66. The van der Waals surface area contributed by atoms with Crippen LogP contribution in [0.15, 0.2) is 48.5 Å². The van der Waals surface area contributed by atoms with Gasteiger partial charge in [0.1, 0.15) is 38.2 Å². The fraction of sp³-hybridized carbons (Fsp3) is 0.350. The van der Waals surface area contributed by atoms with Crippen molar-refractivity contribution in [3.05, 3.63) is 54.1 Å². The summed E-state index contributed by atoms with van der Waals surface area (Å²) in [5, 5.41) is 12.1. The Kier molecular flexibility index (Phi) is 6.09. The van der Waals surface area contributed by atoms with Gasteiger partial charge in [-0.1, -0.05) is 24.3 Å². The maximum Gasteiger partial charge on any atom is 0.181 e. The van der Waals surface area contributed by atoms with Gasteiger partial charge in [-0.05, 0) is 31.2 Å². The number of nitrogens with two attached hydrogens (primary N) is 1. The predicted molar refractivity (Wildman–Crippen MR) is 96.0 cm³/mol. The van der Waals surface area contributed by atoms with Gasteiger partial charge in [0.15, 0.2) is 23.4 Å². The molecule has 0 aliphatic carbocycles. The van der Waals surface area contributed by atoms with E-state index in [2.05, 4.69) is 0 Å². The van der Waals surface area contributed by atoms with E-state index in [1.54, 1.807) is 24.3 Å². The summed E-state index contributed by atoms with van der Waals surface area (Å²) in [5.41, 5.74) is 0.596. The lowest BCUT2D eigenvalue weighted by atomic mass is 10.1. The molecule has 1 heterocycles. The number of carbonyl (C=O) groups excluding carboxylic acids is 1. The van der Waals surface area contributed by atoms with Crippen molar-refractivity contribution in [1.82, 2.24) is 0 Å². The van der Waals surface area contributed by atoms with Crippen LogP contribution < -0.4 is 19.5 Å². The second-order valence-electron chi connectivity index (χ2n) is 6.31. The number of aliphatic hydroxyl groups is 1. The number of fused-ring (bicyclic) bond motifs is 1. The first-order chi connectivity index (χ1) is 12.6. The lowest BCUT2D eigenvalue weighted by molar-refractivity contribution is -0.666. The molecule has 1 aliphatic rings. The maximum atomic E-state index is 11.4. The normalized spacial score (nSPS) is 16.8. The van der Waals surface area contributed by atoms with Gasteiger partial charge in [-0.2, -0.15) is 0 Å². The Morgan fingerprint density at radius 1 is 1.27 bits per heavy atom. The highest BCUT2D eigenvalue weighted by atomic mass is 16.6. The fourth-order valence-corrected chi connectivity index (χ4v) is 2.72. The van der Waals surface area contributed by atoms with Gasteiger partial charge in [0.2, 0.25) is 0 Å². The molecule has 0 bridgehead atoms. The molecule has 0 fully saturated rings. The molecule has 6 heteroatoms. The SMILES string of the molecule is CC(=O)c1cccc(OC[C@H](O)C[NH2+]C[C@H]2COc3ccccc3O2)c1. The minimum absolute atomic E-state index is 0.0133. The Bertz CT molecular complexity index is 748. The van der Waals surface area contributed by atoms with E-state index >= 15 is 0 Å². The number of Topliss-reactive ketones (excluding diaryl/α,β-unsaturated/α-hetero) is 1. The van der Waals surface area contributed by atoms with Gasteiger partial charge in [-0.3, -0.25) is 4.79 Å². The molecule has 2 aromatic rings. The number of ketones is 1. The third-order valence-electron chi connectivity index (χ3n) is 4.12. The van der Waals surface area contributed by atoms with E-state index in [1.165, 1.54) is 6.92 Å². The fourth-order valence-electron chi connectivity index (χ4n) is 2.72. The smallest absolute Gasteiger partial charge is 0.181 e. The van der Waals surface area contributed by atoms with Crippen LogP contribution in [0.25, 0.3) is 0 Å². The number of hydrogen-bond acceptors (Lipinski definition) is 5. The first kappa shape index (κ1) is 18.2. The monoisotopic (exact) mass is 358 g/mol. The van der Waals surface area contributed by atoms with Crippen LogP contribution in [0.5, 0.6) is 17.2 Å². The zero-order valence-electron chi connectivity index (χ0n) is 14.8. The van der Waals surface area contributed by atoms with E-state index in [1.807, 2.05) is 29.6 Å². The quantitative estimate of drug-likeness (QED) is 0.689. The minimum Gasteiger partial charge on any atom is -0.491 e. The molecule has 0 radical (unpaired) electrons. The molecule has 3 N–H and O–H groups in total. The minimum atomic E-state index is -0.618. The molecule has 0 spiro atoms. The molecule has 0 saturated carbocycles. The number of para-hydroxylation sites is 2. The summed E-state index contributed by atoms with van der Waals surface area (Å²) in [5.74, 6) is 2.09. The Morgan fingerprint density at radius 3 is 2.88 bits per heavy atom. The van der Waals surface area contributed by atoms with E-state index in [0.717, 1.165) is 11.5 Å². The van der Waals surface area contributed by atoms with Gasteiger partial charge in [0, 0.05) is 5.56 Å². The topological polar surface area (TPSA) is 81.6 Å². The zero-order valence-corrected chi connectivity index (χ0v) is 14.8. The Hall–Kier alpha value is -2.57. The van der Waals surface area contributed by atoms with E-state index < -0.39 is 6.10 Å². The first-order valence-corrected chi connectivity index (χ1v) is 8.74. The molecule has 2 aromatic carbocycles. The van der Waals surface area contributed by atoms with E-state index in [9.17, 15) is 9.90 Å². The number of aliphatic hydroxyl groups excluding tert-OH is 1.